The molecule has 3 atom stereocenters. The van der Waals surface area contributed by atoms with E-state index in [0.29, 0.717) is 5.92 Å². The molecule has 2 heteroatoms. The molecule has 0 spiro atoms. The Balaban J connectivity index is 3.50. The molecule has 0 aliphatic carbocycles. The van der Waals surface area contributed by atoms with Gasteiger partial charge in [-0.2, -0.15) is 0 Å². The zero-order valence-electron chi connectivity index (χ0n) is 7.17. The smallest absolute Gasteiger partial charge is 0.0563 e. The lowest BCUT2D eigenvalue weighted by Gasteiger charge is -2.18. The molecule has 0 amide bonds. The van der Waals surface area contributed by atoms with Crippen molar-refractivity contribution < 1.29 is 5.11 Å². The summed E-state index contributed by atoms with van der Waals surface area (Å²) in [4.78, 5) is 0. The normalized spacial score (nSPS) is 20.1. The van der Waals surface area contributed by atoms with E-state index in [9.17, 15) is 5.11 Å². The Labute approximate surface area is 63.4 Å². The zero-order valence-corrected chi connectivity index (χ0v) is 7.17. The van der Waals surface area contributed by atoms with E-state index in [4.69, 9.17) is 5.73 Å². The Morgan fingerprint density at radius 3 is 2.20 bits per heavy atom. The molecular formula is C8H19NO. The summed E-state index contributed by atoms with van der Waals surface area (Å²) in [5.41, 5.74) is 5.57. The second kappa shape index (κ2) is 4.69. The monoisotopic (exact) mass is 145 g/mol. The third-order valence-corrected chi connectivity index (χ3v) is 1.82. The van der Waals surface area contributed by atoms with Crippen molar-refractivity contribution in [1.29, 1.82) is 0 Å². The van der Waals surface area contributed by atoms with Crippen molar-refractivity contribution in [3.05, 3.63) is 0 Å². The maximum Gasteiger partial charge on any atom is 0.0563 e. The summed E-state index contributed by atoms with van der Waals surface area (Å²) in [6, 6.07) is 0.205. The van der Waals surface area contributed by atoms with Gasteiger partial charge in [-0.1, -0.05) is 13.8 Å². The van der Waals surface area contributed by atoms with Crippen LogP contribution in [0.4, 0.5) is 0 Å². The molecule has 0 rings (SSSR count). The van der Waals surface area contributed by atoms with Gasteiger partial charge in [-0.15, -0.1) is 0 Å². The number of aliphatic hydroxyl groups is 1. The van der Waals surface area contributed by atoms with E-state index >= 15 is 0 Å². The second-order valence-electron chi connectivity index (χ2n) is 3.17. The highest BCUT2D eigenvalue weighted by Gasteiger charge is 2.12. The Hall–Kier alpha value is -0.0800. The first kappa shape index (κ1) is 9.92. The minimum absolute atomic E-state index is 0.175. The van der Waals surface area contributed by atoms with Gasteiger partial charge in [-0.25, -0.2) is 0 Å². The van der Waals surface area contributed by atoms with Gasteiger partial charge in [-0.05, 0) is 25.7 Å². The van der Waals surface area contributed by atoms with Gasteiger partial charge in [0.25, 0.3) is 0 Å². The molecule has 1 unspecified atom stereocenters. The summed E-state index contributed by atoms with van der Waals surface area (Å²) in [5.74, 6) is 0.338. The van der Waals surface area contributed by atoms with Crippen molar-refractivity contribution in [3.8, 4) is 0 Å². The molecule has 0 aromatic carbocycles. The fourth-order valence-corrected chi connectivity index (χ4v) is 1.15. The van der Waals surface area contributed by atoms with Crippen LogP contribution >= 0.6 is 0 Å². The van der Waals surface area contributed by atoms with Gasteiger partial charge in [0.05, 0.1) is 6.10 Å². The zero-order chi connectivity index (χ0) is 8.15. The fourth-order valence-electron chi connectivity index (χ4n) is 1.15. The molecule has 0 saturated heterocycles. The standard InChI is InChI=1S/C8H19NO/c1-4-8(10)6(2)5-7(3)9/h6-8,10H,4-5,9H2,1-3H3/t6?,7-,8-/m1/s1. The molecule has 0 aromatic rings. The van der Waals surface area contributed by atoms with E-state index < -0.39 is 0 Å². The minimum Gasteiger partial charge on any atom is -0.393 e. The van der Waals surface area contributed by atoms with Crippen molar-refractivity contribution in [1.82, 2.24) is 0 Å². The van der Waals surface area contributed by atoms with Crippen LogP contribution in [0.5, 0.6) is 0 Å². The SMILES string of the molecule is CC[C@@H](O)C(C)C[C@@H](C)N. The Morgan fingerprint density at radius 1 is 1.40 bits per heavy atom. The Kier molecular flexibility index (Phi) is 4.65. The van der Waals surface area contributed by atoms with E-state index in [1.807, 2.05) is 20.8 Å². The summed E-state index contributed by atoms with van der Waals surface area (Å²) in [6.45, 7) is 6.00. The van der Waals surface area contributed by atoms with E-state index in [2.05, 4.69) is 0 Å². The van der Waals surface area contributed by atoms with Gasteiger partial charge < -0.3 is 10.8 Å². The molecule has 10 heavy (non-hydrogen) atoms. The van der Waals surface area contributed by atoms with Crippen LogP contribution in [-0.4, -0.2) is 17.3 Å². The Bertz CT molecular complexity index is 83.3. The summed E-state index contributed by atoms with van der Waals surface area (Å²) in [7, 11) is 0. The van der Waals surface area contributed by atoms with Crippen LogP contribution in [-0.2, 0) is 0 Å². The molecule has 0 aliphatic rings. The highest BCUT2D eigenvalue weighted by molar-refractivity contribution is 4.66. The molecule has 0 fully saturated rings. The van der Waals surface area contributed by atoms with Crippen molar-refractivity contribution in [2.75, 3.05) is 0 Å². The largest absolute Gasteiger partial charge is 0.393 e. The number of hydrogen-bond acceptors (Lipinski definition) is 2. The molecule has 2 nitrogen and oxygen atoms in total. The molecule has 0 bridgehead atoms. The lowest BCUT2D eigenvalue weighted by atomic mass is 9.96. The first-order valence-electron chi connectivity index (χ1n) is 4.01. The van der Waals surface area contributed by atoms with Crippen LogP contribution in [0.15, 0.2) is 0 Å². The van der Waals surface area contributed by atoms with Crippen molar-refractivity contribution in [2.45, 2.75) is 45.8 Å². The first-order chi connectivity index (χ1) is 4.57. The lowest BCUT2D eigenvalue weighted by molar-refractivity contribution is 0.105. The van der Waals surface area contributed by atoms with Gasteiger partial charge in [0, 0.05) is 6.04 Å². The van der Waals surface area contributed by atoms with Gasteiger partial charge in [0.2, 0.25) is 0 Å². The second-order valence-corrected chi connectivity index (χ2v) is 3.17. The van der Waals surface area contributed by atoms with Crippen molar-refractivity contribution in [3.63, 3.8) is 0 Å². The van der Waals surface area contributed by atoms with E-state index in [1.54, 1.807) is 0 Å². The molecule has 0 aliphatic heterocycles. The predicted octanol–water partition coefficient (Wildman–Crippen LogP) is 1.13. The van der Waals surface area contributed by atoms with Crippen LogP contribution in [0.2, 0.25) is 0 Å². The molecule has 0 heterocycles. The summed E-state index contributed by atoms with van der Waals surface area (Å²) in [6.07, 6.45) is 1.56. The molecular weight excluding hydrogens is 126 g/mol. The number of hydrogen-bond donors (Lipinski definition) is 2. The minimum atomic E-state index is -0.175. The van der Waals surface area contributed by atoms with Crippen LogP contribution in [0.25, 0.3) is 0 Å². The molecule has 0 radical (unpaired) electrons. The molecule has 0 aromatic heterocycles. The number of aliphatic hydroxyl groups excluding tert-OH is 1. The highest BCUT2D eigenvalue weighted by atomic mass is 16.3. The molecule has 0 saturated carbocycles. The van der Waals surface area contributed by atoms with Crippen LogP contribution in [0.1, 0.15) is 33.6 Å². The Morgan fingerprint density at radius 2 is 1.90 bits per heavy atom. The highest BCUT2D eigenvalue weighted by Crippen LogP contribution is 2.11. The van der Waals surface area contributed by atoms with E-state index in [0.717, 1.165) is 12.8 Å². The van der Waals surface area contributed by atoms with Crippen LogP contribution < -0.4 is 5.73 Å². The fraction of sp³-hybridized carbons (Fsp3) is 1.00. The predicted molar refractivity (Wildman–Crippen MR) is 43.7 cm³/mol. The first-order valence-corrected chi connectivity index (χ1v) is 4.01. The maximum absolute atomic E-state index is 9.32. The topological polar surface area (TPSA) is 46.2 Å². The quantitative estimate of drug-likeness (QED) is 0.623. The number of rotatable bonds is 4. The van der Waals surface area contributed by atoms with E-state index in [-0.39, 0.29) is 12.1 Å². The van der Waals surface area contributed by atoms with Crippen molar-refractivity contribution in [2.24, 2.45) is 11.7 Å². The lowest BCUT2D eigenvalue weighted by Crippen LogP contribution is -2.25. The molecule has 3 N–H and O–H groups in total. The third-order valence-electron chi connectivity index (χ3n) is 1.82. The van der Waals surface area contributed by atoms with Crippen LogP contribution in [0, 0.1) is 5.92 Å². The van der Waals surface area contributed by atoms with Gasteiger partial charge >= 0.3 is 0 Å². The van der Waals surface area contributed by atoms with Crippen molar-refractivity contribution >= 4 is 0 Å². The average Bonchev–Trinajstić information content (AvgIpc) is 1.85. The third kappa shape index (κ3) is 3.85. The average molecular weight is 145 g/mol. The van der Waals surface area contributed by atoms with Gasteiger partial charge in [-0.3, -0.25) is 0 Å². The van der Waals surface area contributed by atoms with Gasteiger partial charge in [0.15, 0.2) is 0 Å². The maximum atomic E-state index is 9.32. The number of nitrogens with two attached hydrogens (primary N) is 1. The summed E-state index contributed by atoms with van der Waals surface area (Å²) < 4.78 is 0. The summed E-state index contributed by atoms with van der Waals surface area (Å²) >= 11 is 0. The van der Waals surface area contributed by atoms with Crippen LogP contribution in [0.3, 0.4) is 0 Å². The van der Waals surface area contributed by atoms with E-state index in [1.165, 1.54) is 0 Å². The van der Waals surface area contributed by atoms with Gasteiger partial charge in [0.1, 0.15) is 0 Å². The summed E-state index contributed by atoms with van der Waals surface area (Å²) in [5, 5.41) is 9.32. The molecule has 62 valence electrons.